The fourth-order valence-electron chi connectivity index (χ4n) is 4.67. The minimum atomic E-state index is -2.16. The van der Waals surface area contributed by atoms with E-state index < -0.39 is 7.26 Å². The van der Waals surface area contributed by atoms with Gasteiger partial charge in [-0.2, -0.15) is 5.26 Å². The number of halogens is 1. The SMILES string of the molecule is N#CC(=C=O)c1cccc(Cl)c1.c1ccc(C[PH](c2ccccc2)(c2ccccc2)c2ccccc2)cc1. The van der Waals surface area contributed by atoms with Gasteiger partial charge in [-0.1, -0.05) is 23.7 Å². The van der Waals surface area contributed by atoms with Crippen LogP contribution in [0.3, 0.4) is 0 Å². The normalized spacial score (nSPS) is 10.7. The molecule has 2 nitrogen and oxygen atoms in total. The summed E-state index contributed by atoms with van der Waals surface area (Å²) in [5, 5.41) is 13.4. The zero-order valence-electron chi connectivity index (χ0n) is 20.8. The molecule has 0 bridgehead atoms. The van der Waals surface area contributed by atoms with Crippen LogP contribution in [0, 0.1) is 11.3 Å². The topological polar surface area (TPSA) is 40.9 Å². The molecule has 0 saturated carbocycles. The number of benzene rings is 5. The molecule has 186 valence electrons. The first-order chi connectivity index (χ1) is 18.7. The number of hydrogen-bond donors (Lipinski definition) is 0. The summed E-state index contributed by atoms with van der Waals surface area (Å²) in [6, 6.07) is 52.4. The van der Waals surface area contributed by atoms with Gasteiger partial charge in [0, 0.05) is 10.6 Å². The molecule has 0 N–H and O–H groups in total. The average Bonchev–Trinajstić information content (AvgIpc) is 2.99. The van der Waals surface area contributed by atoms with Gasteiger partial charge in [0.2, 0.25) is 0 Å². The second-order valence-corrected chi connectivity index (χ2v) is 13.1. The van der Waals surface area contributed by atoms with E-state index in [1.165, 1.54) is 21.5 Å². The van der Waals surface area contributed by atoms with Gasteiger partial charge in [-0.3, -0.25) is 0 Å². The molecular weight excluding hydrogens is 505 g/mol. The summed E-state index contributed by atoms with van der Waals surface area (Å²) >= 11 is 5.65. The Labute approximate surface area is 229 Å². The first-order valence-corrected chi connectivity index (χ1v) is 14.9. The van der Waals surface area contributed by atoms with Crippen molar-refractivity contribution in [2.75, 3.05) is 0 Å². The van der Waals surface area contributed by atoms with Crippen molar-refractivity contribution in [1.82, 2.24) is 0 Å². The Hall–Kier alpha value is -4.24. The zero-order valence-corrected chi connectivity index (χ0v) is 22.6. The van der Waals surface area contributed by atoms with E-state index in [4.69, 9.17) is 16.9 Å². The average molecular weight is 532 g/mol. The Balaban J connectivity index is 0.000000236. The molecule has 38 heavy (non-hydrogen) atoms. The molecule has 5 rings (SSSR count). The molecule has 5 aromatic carbocycles. The van der Waals surface area contributed by atoms with Gasteiger partial charge < -0.3 is 0 Å². The third kappa shape index (κ3) is 6.36. The molecule has 4 heteroatoms. The van der Waals surface area contributed by atoms with Crippen molar-refractivity contribution in [3.8, 4) is 6.07 Å². The predicted molar refractivity (Wildman–Crippen MR) is 163 cm³/mol. The van der Waals surface area contributed by atoms with Crippen molar-refractivity contribution in [1.29, 1.82) is 5.26 Å². The predicted octanol–water partition coefficient (Wildman–Crippen LogP) is 6.99. The summed E-state index contributed by atoms with van der Waals surface area (Å²) in [5.74, 6) is 1.54. The molecule has 0 atom stereocenters. The van der Waals surface area contributed by atoms with Gasteiger partial charge in [0.15, 0.2) is 0 Å². The molecule has 0 fully saturated rings. The fourth-order valence-corrected chi connectivity index (χ4v) is 9.60. The van der Waals surface area contributed by atoms with Crippen molar-refractivity contribution in [2.45, 2.75) is 6.16 Å². The van der Waals surface area contributed by atoms with Crippen molar-refractivity contribution in [2.24, 2.45) is 0 Å². The molecule has 0 amide bonds. The number of carbonyl (C=O) groups excluding carboxylic acids is 1. The molecule has 0 aliphatic carbocycles. The Morgan fingerprint density at radius 2 is 1.08 bits per heavy atom. The maximum absolute atomic E-state index is 10.2. The van der Waals surface area contributed by atoms with Gasteiger partial charge in [-0.15, -0.1) is 0 Å². The molecular formula is C34H27ClNOP. The molecule has 0 heterocycles. The summed E-state index contributed by atoms with van der Waals surface area (Å²) in [5.41, 5.74) is 1.87. The van der Waals surface area contributed by atoms with Gasteiger partial charge in [0.1, 0.15) is 17.6 Å². The van der Waals surface area contributed by atoms with Gasteiger partial charge >= 0.3 is 156 Å². The van der Waals surface area contributed by atoms with Crippen LogP contribution < -0.4 is 15.9 Å². The second-order valence-electron chi connectivity index (χ2n) is 8.76. The summed E-state index contributed by atoms with van der Waals surface area (Å²) < 4.78 is 0. The van der Waals surface area contributed by atoms with E-state index in [9.17, 15) is 4.79 Å². The van der Waals surface area contributed by atoms with Gasteiger partial charge in [0.05, 0.1) is 0 Å². The van der Waals surface area contributed by atoms with Crippen LogP contribution in [0.25, 0.3) is 5.57 Å². The molecule has 0 saturated heterocycles. The van der Waals surface area contributed by atoms with E-state index in [1.54, 1.807) is 36.3 Å². The molecule has 5 aromatic rings. The minimum absolute atomic E-state index is 0.0301. The summed E-state index contributed by atoms with van der Waals surface area (Å²) in [7, 11) is -2.16. The molecule has 0 aliphatic heterocycles. The third-order valence-corrected chi connectivity index (χ3v) is 11.6. The Kier molecular flexibility index (Phi) is 9.42. The number of nitrogens with zero attached hydrogens (tertiary/aromatic N) is 1. The van der Waals surface area contributed by atoms with Gasteiger partial charge in [-0.25, -0.2) is 4.79 Å². The van der Waals surface area contributed by atoms with Crippen LogP contribution in [0.15, 0.2) is 146 Å². The third-order valence-electron chi connectivity index (χ3n) is 6.44. The first-order valence-electron chi connectivity index (χ1n) is 12.3. The molecule has 0 radical (unpaired) electrons. The van der Waals surface area contributed by atoms with E-state index in [0.717, 1.165) is 6.16 Å². The van der Waals surface area contributed by atoms with E-state index in [-0.39, 0.29) is 5.57 Å². The van der Waals surface area contributed by atoms with Crippen LogP contribution in [0.2, 0.25) is 5.02 Å². The Morgan fingerprint density at radius 1 is 0.632 bits per heavy atom. The van der Waals surface area contributed by atoms with E-state index in [2.05, 4.69) is 121 Å². The number of rotatable bonds is 6. The molecule has 0 aliphatic rings. The van der Waals surface area contributed by atoms with Crippen LogP contribution >= 0.6 is 18.9 Å². The second kappa shape index (κ2) is 13.3. The van der Waals surface area contributed by atoms with E-state index in [1.807, 2.05) is 0 Å². The summed E-state index contributed by atoms with van der Waals surface area (Å²) in [4.78, 5) is 10.2. The Morgan fingerprint density at radius 3 is 1.47 bits per heavy atom. The number of hydrogen-bond acceptors (Lipinski definition) is 2. The summed E-state index contributed by atoms with van der Waals surface area (Å²) in [6.45, 7) is 0. The van der Waals surface area contributed by atoms with E-state index in [0.29, 0.717) is 10.6 Å². The quantitative estimate of drug-likeness (QED) is 0.135. The maximum atomic E-state index is 10.2. The van der Waals surface area contributed by atoms with Crippen molar-refractivity contribution < 1.29 is 4.79 Å². The van der Waals surface area contributed by atoms with Crippen LogP contribution in [-0.4, -0.2) is 5.94 Å². The number of allylic oxidation sites excluding steroid dienone is 1. The van der Waals surface area contributed by atoms with Gasteiger partial charge in [-0.05, 0) is 12.1 Å². The number of nitriles is 1. The van der Waals surface area contributed by atoms with Crippen molar-refractivity contribution >= 4 is 46.3 Å². The standard InChI is InChI=1S/C25H23P.C9H4ClNO/c1-5-13-22(14-6-1)21-26(23-15-7-2-8-16-23,24-17-9-3-10-18-24)25-19-11-4-12-20-25;10-9-3-1-2-7(4-9)8(5-11)6-12/h1-20,26H,21H2;1-4H. The van der Waals surface area contributed by atoms with E-state index >= 15 is 0 Å². The van der Waals surface area contributed by atoms with Gasteiger partial charge in [0.25, 0.3) is 0 Å². The van der Waals surface area contributed by atoms with Crippen molar-refractivity contribution in [3.63, 3.8) is 0 Å². The fraction of sp³-hybridized carbons (Fsp3) is 0.0294. The molecule has 0 aromatic heterocycles. The van der Waals surface area contributed by atoms with Crippen LogP contribution in [0.1, 0.15) is 11.1 Å². The monoisotopic (exact) mass is 531 g/mol. The van der Waals surface area contributed by atoms with Crippen LogP contribution in [0.5, 0.6) is 0 Å². The first kappa shape index (κ1) is 26.8. The van der Waals surface area contributed by atoms with Crippen LogP contribution in [0.4, 0.5) is 0 Å². The Bertz CT molecular complexity index is 1450. The van der Waals surface area contributed by atoms with Crippen LogP contribution in [-0.2, 0) is 11.0 Å². The zero-order chi connectivity index (χ0) is 26.6. The van der Waals surface area contributed by atoms with Crippen molar-refractivity contribution in [3.05, 3.63) is 162 Å². The summed E-state index contributed by atoms with van der Waals surface area (Å²) in [6.07, 6.45) is 1.06. The molecule has 0 unspecified atom stereocenters. The molecule has 0 spiro atoms.